The lowest BCUT2D eigenvalue weighted by atomic mass is 9.81. The average molecular weight is 381 g/mol. The number of benzene rings is 1. The first-order valence-electron chi connectivity index (χ1n) is 8.74. The number of rotatable bonds is 4. The van der Waals surface area contributed by atoms with Crippen LogP contribution < -0.4 is 0 Å². The number of hydrogen-bond acceptors (Lipinski definition) is 5. The molecule has 2 atom stereocenters. The number of hydrogen-bond donors (Lipinski definition) is 1. The van der Waals surface area contributed by atoms with Gasteiger partial charge in [0.1, 0.15) is 0 Å². The number of likely N-dealkylation sites (tertiary alicyclic amines) is 1. The van der Waals surface area contributed by atoms with Gasteiger partial charge in [0, 0.05) is 18.7 Å². The van der Waals surface area contributed by atoms with E-state index in [0.717, 1.165) is 25.0 Å². The van der Waals surface area contributed by atoms with Gasteiger partial charge in [0.15, 0.2) is 0 Å². The van der Waals surface area contributed by atoms with Crippen LogP contribution in [-0.2, 0) is 17.5 Å². The lowest BCUT2D eigenvalue weighted by molar-refractivity contribution is -0.149. The molecule has 2 aliphatic rings. The van der Waals surface area contributed by atoms with E-state index in [4.69, 9.17) is 4.52 Å². The predicted octanol–water partition coefficient (Wildman–Crippen LogP) is 3.44. The maximum absolute atomic E-state index is 12.9. The molecule has 1 aliphatic heterocycles. The molecule has 0 unspecified atom stereocenters. The summed E-state index contributed by atoms with van der Waals surface area (Å²) in [6.45, 7) is 1.36. The molecule has 1 aromatic carbocycles. The third kappa shape index (κ3) is 3.20. The molecule has 1 aromatic heterocycles. The largest absolute Gasteiger partial charge is 0.481 e. The monoisotopic (exact) mass is 381 g/mol. The first kappa shape index (κ1) is 18.0. The van der Waals surface area contributed by atoms with Crippen molar-refractivity contribution < 1.29 is 27.6 Å². The molecule has 27 heavy (non-hydrogen) atoms. The van der Waals surface area contributed by atoms with Gasteiger partial charge in [0.25, 0.3) is 0 Å². The summed E-state index contributed by atoms with van der Waals surface area (Å²) in [5, 5.41) is 13.4. The van der Waals surface area contributed by atoms with Gasteiger partial charge in [0.2, 0.25) is 11.7 Å². The molecule has 1 saturated carbocycles. The molecule has 2 fully saturated rings. The Kier molecular flexibility index (Phi) is 4.21. The number of carboxylic acids is 1. The van der Waals surface area contributed by atoms with Crippen molar-refractivity contribution in [3.05, 3.63) is 35.7 Å². The quantitative estimate of drug-likeness (QED) is 0.874. The predicted molar refractivity (Wildman–Crippen MR) is 87.4 cm³/mol. The van der Waals surface area contributed by atoms with E-state index in [1.807, 2.05) is 4.90 Å². The van der Waals surface area contributed by atoms with Crippen molar-refractivity contribution in [3.8, 4) is 11.4 Å². The topological polar surface area (TPSA) is 79.5 Å². The summed E-state index contributed by atoms with van der Waals surface area (Å²) in [5.74, 6) is -0.296. The van der Waals surface area contributed by atoms with Crippen LogP contribution in [0.5, 0.6) is 0 Å². The van der Waals surface area contributed by atoms with Crippen molar-refractivity contribution in [1.29, 1.82) is 0 Å². The highest BCUT2D eigenvalue weighted by atomic mass is 19.4. The molecule has 9 heteroatoms. The molecule has 2 aromatic rings. The van der Waals surface area contributed by atoms with Gasteiger partial charge < -0.3 is 9.63 Å². The van der Waals surface area contributed by atoms with Crippen LogP contribution >= 0.6 is 0 Å². The normalized spacial score (nSPS) is 25.7. The number of nitrogens with zero attached hydrogens (tertiary/aromatic N) is 3. The van der Waals surface area contributed by atoms with E-state index in [2.05, 4.69) is 10.1 Å². The zero-order chi connectivity index (χ0) is 19.2. The lowest BCUT2D eigenvalue weighted by Crippen LogP contribution is -2.35. The van der Waals surface area contributed by atoms with E-state index in [1.165, 1.54) is 12.1 Å². The fourth-order valence-electron chi connectivity index (χ4n) is 4.33. The third-order valence-electron chi connectivity index (χ3n) is 5.64. The van der Waals surface area contributed by atoms with Gasteiger partial charge in [-0.05, 0) is 30.9 Å². The minimum Gasteiger partial charge on any atom is -0.481 e. The first-order valence-corrected chi connectivity index (χ1v) is 8.74. The Morgan fingerprint density at radius 1 is 1.41 bits per heavy atom. The highest BCUT2D eigenvalue weighted by Gasteiger charge is 2.54. The van der Waals surface area contributed by atoms with E-state index in [-0.39, 0.29) is 29.7 Å². The molecule has 1 saturated heterocycles. The maximum Gasteiger partial charge on any atom is 0.416 e. The highest BCUT2D eigenvalue weighted by molar-refractivity contribution is 5.76. The van der Waals surface area contributed by atoms with Crippen LogP contribution in [-0.4, -0.2) is 39.2 Å². The van der Waals surface area contributed by atoms with Gasteiger partial charge in [-0.3, -0.25) is 9.69 Å². The van der Waals surface area contributed by atoms with E-state index in [1.54, 1.807) is 0 Å². The summed E-state index contributed by atoms with van der Waals surface area (Å²) in [5.41, 5.74) is -1.26. The van der Waals surface area contributed by atoms with Crippen molar-refractivity contribution in [2.24, 2.45) is 11.3 Å². The minimum absolute atomic E-state index is 0.0865. The lowest BCUT2D eigenvalue weighted by Gasteiger charge is -2.23. The molecule has 0 radical (unpaired) electrons. The summed E-state index contributed by atoms with van der Waals surface area (Å²) in [6.07, 6.45) is -1.96. The SMILES string of the molecule is O=C(O)[C@@]12CCC[C@H]1CN(Cc1nc(-c3cccc(C(F)(F)F)c3)no1)C2. The molecular formula is C18H18F3N3O3. The smallest absolute Gasteiger partial charge is 0.416 e. The van der Waals surface area contributed by atoms with Crippen molar-refractivity contribution >= 4 is 5.97 Å². The Morgan fingerprint density at radius 2 is 2.22 bits per heavy atom. The third-order valence-corrected chi connectivity index (χ3v) is 5.64. The summed E-state index contributed by atoms with van der Waals surface area (Å²) >= 11 is 0. The highest BCUT2D eigenvalue weighted by Crippen LogP contribution is 2.49. The Morgan fingerprint density at radius 3 is 2.93 bits per heavy atom. The second-order valence-corrected chi connectivity index (χ2v) is 7.31. The zero-order valence-corrected chi connectivity index (χ0v) is 14.4. The van der Waals surface area contributed by atoms with Crippen LogP contribution in [0.1, 0.15) is 30.7 Å². The summed E-state index contributed by atoms with van der Waals surface area (Å²) in [6, 6.07) is 4.75. The minimum atomic E-state index is -4.44. The van der Waals surface area contributed by atoms with Crippen LogP contribution in [0.4, 0.5) is 13.2 Å². The molecule has 2 heterocycles. The Labute approximate surface area is 153 Å². The maximum atomic E-state index is 12.9. The number of alkyl halides is 3. The van der Waals surface area contributed by atoms with Crippen molar-refractivity contribution in [3.63, 3.8) is 0 Å². The number of fused-ring (bicyclic) bond motifs is 1. The van der Waals surface area contributed by atoms with Gasteiger partial charge in [-0.15, -0.1) is 0 Å². The van der Waals surface area contributed by atoms with E-state index in [0.29, 0.717) is 19.5 Å². The molecule has 0 spiro atoms. The number of carbonyl (C=O) groups is 1. The Hall–Kier alpha value is -2.42. The molecule has 1 aliphatic carbocycles. The standard InChI is InChI=1S/C18H18F3N3O3/c19-18(20,21)12-4-1-3-11(7-12)15-22-14(27-23-15)9-24-8-13-5-2-6-17(13,10-24)16(25)26/h1,3-4,7,13H,2,5-6,8-10H2,(H,25,26)/t13-,17+/m0/s1. The van der Waals surface area contributed by atoms with Crippen molar-refractivity contribution in [2.75, 3.05) is 13.1 Å². The molecule has 144 valence electrons. The molecule has 4 rings (SSSR count). The fraction of sp³-hybridized carbons (Fsp3) is 0.500. The van der Waals surface area contributed by atoms with Crippen LogP contribution in [0.3, 0.4) is 0 Å². The number of aliphatic carboxylic acids is 1. The van der Waals surface area contributed by atoms with Gasteiger partial charge in [0.05, 0.1) is 17.5 Å². The van der Waals surface area contributed by atoms with Gasteiger partial charge in [-0.2, -0.15) is 18.2 Å². The van der Waals surface area contributed by atoms with Crippen LogP contribution in [0.2, 0.25) is 0 Å². The van der Waals surface area contributed by atoms with Gasteiger partial charge >= 0.3 is 12.1 Å². The number of carboxylic acid groups (broad SMARTS) is 1. The van der Waals surface area contributed by atoms with E-state index < -0.39 is 23.1 Å². The summed E-state index contributed by atoms with van der Waals surface area (Å²) in [7, 11) is 0. The Balaban J connectivity index is 1.49. The zero-order valence-electron chi connectivity index (χ0n) is 14.4. The molecule has 0 bridgehead atoms. The van der Waals surface area contributed by atoms with Gasteiger partial charge in [-0.1, -0.05) is 23.7 Å². The molecule has 6 nitrogen and oxygen atoms in total. The van der Waals surface area contributed by atoms with Crippen LogP contribution in [0, 0.1) is 11.3 Å². The summed E-state index contributed by atoms with van der Waals surface area (Å²) in [4.78, 5) is 17.9. The molecule has 0 amide bonds. The first-order chi connectivity index (χ1) is 12.8. The molecule has 1 N–H and O–H groups in total. The van der Waals surface area contributed by atoms with Crippen molar-refractivity contribution in [1.82, 2.24) is 15.0 Å². The average Bonchev–Trinajstić information content (AvgIpc) is 3.29. The van der Waals surface area contributed by atoms with Crippen LogP contribution in [0.25, 0.3) is 11.4 Å². The van der Waals surface area contributed by atoms with E-state index in [9.17, 15) is 23.1 Å². The van der Waals surface area contributed by atoms with E-state index >= 15 is 0 Å². The van der Waals surface area contributed by atoms with Gasteiger partial charge in [-0.25, -0.2) is 0 Å². The number of aromatic nitrogens is 2. The fourth-order valence-corrected chi connectivity index (χ4v) is 4.33. The molecular weight excluding hydrogens is 363 g/mol. The van der Waals surface area contributed by atoms with Crippen LogP contribution in [0.15, 0.2) is 28.8 Å². The second kappa shape index (κ2) is 6.33. The second-order valence-electron chi connectivity index (χ2n) is 7.31. The Bertz CT molecular complexity index is 867. The number of halogens is 3. The summed E-state index contributed by atoms with van der Waals surface area (Å²) < 4.78 is 43.8. The van der Waals surface area contributed by atoms with Crippen molar-refractivity contribution in [2.45, 2.75) is 32.0 Å².